The Labute approximate surface area is 176 Å². The molecule has 0 unspecified atom stereocenters. The van der Waals surface area contributed by atoms with Gasteiger partial charge in [-0.2, -0.15) is 5.10 Å². The first-order chi connectivity index (χ1) is 14.4. The molecule has 2 aromatic heterocycles. The van der Waals surface area contributed by atoms with Gasteiger partial charge in [0, 0.05) is 34.9 Å². The summed E-state index contributed by atoms with van der Waals surface area (Å²) in [4.78, 5) is 25.1. The standard InChI is InChI=1S/C23H27N3O4/c1-6-25-16(4)21(13-24-25)23(28)30-14-22(27)20-12-15(3)26(17(20)5)18-8-10-19(11-9-18)29-7-2/h8-13H,6-7,14H2,1-5H3. The zero-order valence-corrected chi connectivity index (χ0v) is 18.1. The average Bonchev–Trinajstić information content (AvgIpc) is 3.25. The molecule has 0 saturated heterocycles. The van der Waals surface area contributed by atoms with Crippen molar-refractivity contribution in [2.45, 2.75) is 41.2 Å². The Balaban J connectivity index is 1.74. The van der Waals surface area contributed by atoms with Crippen molar-refractivity contribution in [1.29, 1.82) is 0 Å². The van der Waals surface area contributed by atoms with E-state index in [1.54, 1.807) is 11.6 Å². The number of carbonyl (C=O) groups is 2. The minimum Gasteiger partial charge on any atom is -0.494 e. The molecule has 3 rings (SSSR count). The highest BCUT2D eigenvalue weighted by atomic mass is 16.5. The van der Waals surface area contributed by atoms with Crippen molar-refractivity contribution in [3.8, 4) is 11.4 Å². The SMILES string of the molecule is CCOc1ccc(-n2c(C)cc(C(=O)COC(=O)c3cnn(CC)c3C)c2C)cc1. The molecule has 3 aromatic rings. The molecule has 0 amide bonds. The second kappa shape index (κ2) is 8.98. The van der Waals surface area contributed by atoms with E-state index in [1.165, 1.54) is 6.20 Å². The Morgan fingerprint density at radius 3 is 2.30 bits per heavy atom. The third kappa shape index (κ3) is 4.15. The summed E-state index contributed by atoms with van der Waals surface area (Å²) >= 11 is 0. The Bertz CT molecular complexity index is 1060. The van der Waals surface area contributed by atoms with E-state index in [4.69, 9.17) is 9.47 Å². The van der Waals surface area contributed by atoms with Crippen LogP contribution in [-0.4, -0.2) is 39.3 Å². The van der Waals surface area contributed by atoms with Crippen LogP contribution in [0.25, 0.3) is 5.69 Å². The molecule has 30 heavy (non-hydrogen) atoms. The summed E-state index contributed by atoms with van der Waals surface area (Å²) in [5.41, 5.74) is 4.30. The third-order valence-electron chi connectivity index (χ3n) is 5.09. The molecular weight excluding hydrogens is 382 g/mol. The number of ketones is 1. The lowest BCUT2D eigenvalue weighted by atomic mass is 10.1. The monoisotopic (exact) mass is 409 g/mol. The molecule has 0 radical (unpaired) electrons. The fourth-order valence-corrected chi connectivity index (χ4v) is 3.55. The van der Waals surface area contributed by atoms with E-state index in [-0.39, 0.29) is 12.4 Å². The van der Waals surface area contributed by atoms with Gasteiger partial charge in [0.1, 0.15) is 11.3 Å². The lowest BCUT2D eigenvalue weighted by Crippen LogP contribution is -2.15. The number of hydrogen-bond acceptors (Lipinski definition) is 5. The number of Topliss-reactive ketones (excluding diaryl/α,β-unsaturated/α-hetero) is 1. The predicted octanol–water partition coefficient (Wildman–Crippen LogP) is 4.06. The summed E-state index contributed by atoms with van der Waals surface area (Å²) in [6.45, 7) is 10.5. The van der Waals surface area contributed by atoms with Crippen molar-refractivity contribution < 1.29 is 19.1 Å². The van der Waals surface area contributed by atoms with Crippen molar-refractivity contribution in [2.24, 2.45) is 0 Å². The van der Waals surface area contributed by atoms with Crippen LogP contribution in [0.3, 0.4) is 0 Å². The van der Waals surface area contributed by atoms with Gasteiger partial charge in [0.15, 0.2) is 6.61 Å². The highest BCUT2D eigenvalue weighted by Crippen LogP contribution is 2.23. The predicted molar refractivity (Wildman–Crippen MR) is 114 cm³/mol. The van der Waals surface area contributed by atoms with Crippen LogP contribution in [-0.2, 0) is 11.3 Å². The summed E-state index contributed by atoms with van der Waals surface area (Å²) in [7, 11) is 0. The van der Waals surface area contributed by atoms with Crippen LogP contribution in [0.15, 0.2) is 36.5 Å². The number of ether oxygens (including phenoxy) is 2. The van der Waals surface area contributed by atoms with Gasteiger partial charge >= 0.3 is 5.97 Å². The van der Waals surface area contributed by atoms with Crippen molar-refractivity contribution in [2.75, 3.05) is 13.2 Å². The van der Waals surface area contributed by atoms with E-state index in [0.717, 1.165) is 28.5 Å². The van der Waals surface area contributed by atoms with E-state index in [9.17, 15) is 9.59 Å². The maximum Gasteiger partial charge on any atom is 0.342 e. The Morgan fingerprint density at radius 2 is 1.70 bits per heavy atom. The van der Waals surface area contributed by atoms with Crippen LogP contribution in [0, 0.1) is 20.8 Å². The molecule has 0 spiro atoms. The van der Waals surface area contributed by atoms with Crippen LogP contribution >= 0.6 is 0 Å². The maximum atomic E-state index is 12.8. The second-order valence-electron chi connectivity index (χ2n) is 7.01. The molecule has 7 heteroatoms. The molecule has 0 aliphatic heterocycles. The molecular formula is C23H27N3O4. The summed E-state index contributed by atoms with van der Waals surface area (Å²) in [6, 6.07) is 9.53. The first-order valence-corrected chi connectivity index (χ1v) is 10.0. The van der Waals surface area contributed by atoms with Gasteiger partial charge in [0.05, 0.1) is 12.8 Å². The Hall–Kier alpha value is -3.35. The molecule has 0 saturated carbocycles. The fourth-order valence-electron chi connectivity index (χ4n) is 3.55. The topological polar surface area (TPSA) is 75.3 Å². The van der Waals surface area contributed by atoms with Gasteiger partial charge in [-0.1, -0.05) is 0 Å². The first-order valence-electron chi connectivity index (χ1n) is 10.0. The number of rotatable bonds is 8. The van der Waals surface area contributed by atoms with Gasteiger partial charge in [-0.3, -0.25) is 9.48 Å². The summed E-state index contributed by atoms with van der Waals surface area (Å²) in [5, 5.41) is 4.14. The zero-order valence-electron chi connectivity index (χ0n) is 18.1. The number of aryl methyl sites for hydroxylation is 2. The highest BCUT2D eigenvalue weighted by Gasteiger charge is 2.20. The van der Waals surface area contributed by atoms with Gasteiger partial charge < -0.3 is 14.0 Å². The van der Waals surface area contributed by atoms with Gasteiger partial charge in [0.2, 0.25) is 5.78 Å². The lowest BCUT2D eigenvalue weighted by Gasteiger charge is -2.11. The molecule has 0 N–H and O–H groups in total. The smallest absolute Gasteiger partial charge is 0.342 e. The van der Waals surface area contributed by atoms with E-state index in [2.05, 4.69) is 5.10 Å². The number of hydrogen-bond donors (Lipinski definition) is 0. The molecule has 0 aliphatic carbocycles. The lowest BCUT2D eigenvalue weighted by molar-refractivity contribution is 0.0473. The summed E-state index contributed by atoms with van der Waals surface area (Å²) in [6.07, 6.45) is 1.48. The molecule has 158 valence electrons. The first kappa shape index (κ1) is 21.4. The number of carbonyl (C=O) groups excluding carboxylic acids is 2. The van der Waals surface area contributed by atoms with Crippen LogP contribution < -0.4 is 4.74 Å². The van der Waals surface area contributed by atoms with Gasteiger partial charge in [-0.25, -0.2) is 4.79 Å². The largest absolute Gasteiger partial charge is 0.494 e. The van der Waals surface area contributed by atoms with E-state index in [0.29, 0.717) is 24.3 Å². The van der Waals surface area contributed by atoms with Gasteiger partial charge in [0.25, 0.3) is 0 Å². The van der Waals surface area contributed by atoms with E-state index in [1.807, 2.05) is 62.6 Å². The van der Waals surface area contributed by atoms with Gasteiger partial charge in [-0.05, 0) is 65.0 Å². The Kier molecular flexibility index (Phi) is 6.40. The quantitative estimate of drug-likeness (QED) is 0.414. The normalized spacial score (nSPS) is 10.8. The number of aromatic nitrogens is 3. The maximum absolute atomic E-state index is 12.8. The molecule has 0 aliphatic rings. The molecule has 0 bridgehead atoms. The second-order valence-corrected chi connectivity index (χ2v) is 7.01. The third-order valence-corrected chi connectivity index (χ3v) is 5.09. The van der Waals surface area contributed by atoms with Crippen LogP contribution in [0.1, 0.15) is 51.6 Å². The number of esters is 1. The summed E-state index contributed by atoms with van der Waals surface area (Å²) in [5.74, 6) is 0.0173. The van der Waals surface area contributed by atoms with Crippen molar-refractivity contribution in [1.82, 2.24) is 14.3 Å². The van der Waals surface area contributed by atoms with E-state index >= 15 is 0 Å². The van der Waals surface area contributed by atoms with Crippen LogP contribution in [0.2, 0.25) is 0 Å². The van der Waals surface area contributed by atoms with Crippen LogP contribution in [0.5, 0.6) is 5.75 Å². The minimum atomic E-state index is -0.541. The molecule has 0 atom stereocenters. The number of benzene rings is 1. The fraction of sp³-hybridized carbons (Fsp3) is 0.348. The molecule has 7 nitrogen and oxygen atoms in total. The van der Waals surface area contributed by atoms with Crippen molar-refractivity contribution in [3.63, 3.8) is 0 Å². The van der Waals surface area contributed by atoms with E-state index < -0.39 is 5.97 Å². The molecule has 2 heterocycles. The summed E-state index contributed by atoms with van der Waals surface area (Å²) < 4.78 is 14.5. The number of nitrogens with zero attached hydrogens (tertiary/aromatic N) is 3. The van der Waals surface area contributed by atoms with Crippen LogP contribution in [0.4, 0.5) is 0 Å². The Morgan fingerprint density at radius 1 is 1.00 bits per heavy atom. The zero-order chi connectivity index (χ0) is 21.8. The minimum absolute atomic E-state index is 0.242. The average molecular weight is 409 g/mol. The molecule has 1 aromatic carbocycles. The van der Waals surface area contributed by atoms with Gasteiger partial charge in [-0.15, -0.1) is 0 Å². The van der Waals surface area contributed by atoms with Crippen molar-refractivity contribution >= 4 is 11.8 Å². The highest BCUT2D eigenvalue weighted by molar-refractivity contribution is 6.00. The molecule has 0 fully saturated rings. The van der Waals surface area contributed by atoms with Crippen molar-refractivity contribution in [3.05, 3.63) is 64.7 Å².